The van der Waals surface area contributed by atoms with Crippen LogP contribution in [-0.4, -0.2) is 33.9 Å². The molecule has 36 heavy (non-hydrogen) atoms. The second kappa shape index (κ2) is 8.83. The molecule has 1 atom stereocenters. The Kier molecular flexibility index (Phi) is 5.48. The normalized spacial score (nSPS) is 16.3. The largest absolute Gasteiger partial charge is 0.326 e. The van der Waals surface area contributed by atoms with Crippen LogP contribution < -0.4 is 4.90 Å². The van der Waals surface area contributed by atoms with Crippen LogP contribution >= 0.6 is 0 Å². The van der Waals surface area contributed by atoms with Crippen LogP contribution in [0.1, 0.15) is 51.6 Å². The van der Waals surface area contributed by atoms with Gasteiger partial charge in [-0.15, -0.1) is 0 Å². The molecule has 1 aliphatic carbocycles. The molecule has 1 aliphatic heterocycles. The molecule has 0 N–H and O–H groups in total. The zero-order chi connectivity index (χ0) is 24.8. The number of carbonyl (C=O) groups is 2. The Morgan fingerprint density at radius 3 is 2.31 bits per heavy atom. The van der Waals surface area contributed by atoms with Crippen LogP contribution in [0, 0.1) is 13.8 Å². The molecule has 2 amide bonds. The Labute approximate surface area is 211 Å². The number of carbonyl (C=O) groups excluding carboxylic acids is 2. The molecule has 6 rings (SSSR count). The molecule has 0 spiro atoms. The number of fused-ring (bicyclic) bond motifs is 3. The maximum Gasteiger partial charge on any atom is 0.254 e. The third kappa shape index (κ3) is 3.91. The van der Waals surface area contributed by atoms with E-state index in [9.17, 15) is 9.59 Å². The molecular weight excluding hydrogens is 446 g/mol. The Morgan fingerprint density at radius 2 is 1.58 bits per heavy atom. The summed E-state index contributed by atoms with van der Waals surface area (Å²) in [7, 11) is 0. The van der Waals surface area contributed by atoms with Crippen molar-refractivity contribution < 1.29 is 9.59 Å². The fourth-order valence-corrected chi connectivity index (χ4v) is 5.25. The first-order valence-corrected chi connectivity index (χ1v) is 12.5. The quantitative estimate of drug-likeness (QED) is 0.364. The fraction of sp³-hybridized carbons (Fsp3) is 0.226. The van der Waals surface area contributed by atoms with Gasteiger partial charge >= 0.3 is 0 Å². The summed E-state index contributed by atoms with van der Waals surface area (Å²) in [6.07, 6.45) is 3.92. The number of hydrogen-bond donors (Lipinski definition) is 0. The Bertz CT molecular complexity index is 1450. The van der Waals surface area contributed by atoms with Crippen molar-refractivity contribution in [3.63, 3.8) is 0 Å². The van der Waals surface area contributed by atoms with E-state index < -0.39 is 0 Å². The van der Waals surface area contributed by atoms with Crippen LogP contribution in [0.5, 0.6) is 0 Å². The molecule has 0 bridgehead atoms. The van der Waals surface area contributed by atoms with Crippen LogP contribution in [0.2, 0.25) is 0 Å². The van der Waals surface area contributed by atoms with E-state index in [4.69, 9.17) is 0 Å². The topological polar surface area (TPSA) is 45.6 Å². The van der Waals surface area contributed by atoms with Crippen molar-refractivity contribution in [3.05, 3.63) is 119 Å². The van der Waals surface area contributed by atoms with Gasteiger partial charge < -0.3 is 9.47 Å². The summed E-state index contributed by atoms with van der Waals surface area (Å²) >= 11 is 0. The maximum atomic E-state index is 14.2. The van der Waals surface area contributed by atoms with E-state index in [-0.39, 0.29) is 30.4 Å². The van der Waals surface area contributed by atoms with Crippen molar-refractivity contribution in [3.8, 4) is 5.69 Å². The number of amides is 2. The lowest BCUT2D eigenvalue weighted by Crippen LogP contribution is -2.47. The number of nitrogens with zero attached hydrogens (tertiary/aromatic N) is 3. The van der Waals surface area contributed by atoms with Gasteiger partial charge in [0.05, 0.1) is 17.1 Å². The molecule has 5 nitrogen and oxygen atoms in total. The Balaban J connectivity index is 1.41. The molecular formula is C31H29N3O2. The minimum absolute atomic E-state index is 0.0503. The van der Waals surface area contributed by atoms with Crippen LogP contribution in [0.25, 0.3) is 5.69 Å². The standard InChI is InChI=1S/C31H29N3O2/c1-21-12-14-23(15-13-21)31(36)33(25-16-17-25)20-29(35)34-27-10-4-3-9-26(27)32-18-6-11-28(32)30(34)24-8-5-7-22(2)19-24/h3-15,18-19,25,30H,16-17,20H2,1-2H3. The predicted octanol–water partition coefficient (Wildman–Crippen LogP) is 5.83. The van der Waals surface area contributed by atoms with Crippen molar-refractivity contribution in [2.45, 2.75) is 38.8 Å². The van der Waals surface area contributed by atoms with E-state index in [0.717, 1.165) is 46.6 Å². The summed E-state index contributed by atoms with van der Waals surface area (Å²) in [6, 6.07) is 27.9. The highest BCUT2D eigenvalue weighted by atomic mass is 16.2. The van der Waals surface area contributed by atoms with Gasteiger partial charge in [-0.3, -0.25) is 14.5 Å². The molecule has 2 heterocycles. The second-order valence-electron chi connectivity index (χ2n) is 9.90. The first kappa shape index (κ1) is 22.4. The number of aryl methyl sites for hydroxylation is 2. The van der Waals surface area contributed by atoms with Crippen LogP contribution in [0.15, 0.2) is 91.1 Å². The van der Waals surface area contributed by atoms with Crippen molar-refractivity contribution in [2.75, 3.05) is 11.4 Å². The van der Waals surface area contributed by atoms with Gasteiger partial charge in [0.1, 0.15) is 12.6 Å². The van der Waals surface area contributed by atoms with Gasteiger partial charge in [0.2, 0.25) is 5.91 Å². The SMILES string of the molecule is Cc1ccc(C(=O)N(CC(=O)N2c3ccccc3-n3cccc3C2c2cccc(C)c2)C2CC2)cc1. The van der Waals surface area contributed by atoms with E-state index >= 15 is 0 Å². The summed E-state index contributed by atoms with van der Waals surface area (Å²) < 4.78 is 2.17. The number of hydrogen-bond acceptors (Lipinski definition) is 2. The van der Waals surface area contributed by atoms with Crippen molar-refractivity contribution in [1.29, 1.82) is 0 Å². The number of aromatic nitrogens is 1. The van der Waals surface area contributed by atoms with Gasteiger partial charge in [0.25, 0.3) is 5.91 Å². The molecule has 3 aromatic carbocycles. The molecule has 1 fully saturated rings. The lowest BCUT2D eigenvalue weighted by molar-refractivity contribution is -0.119. The number of benzene rings is 3. The summed E-state index contributed by atoms with van der Waals surface area (Å²) in [4.78, 5) is 31.4. The highest BCUT2D eigenvalue weighted by Crippen LogP contribution is 2.42. The molecule has 5 heteroatoms. The molecule has 1 aromatic heterocycles. The number of para-hydroxylation sites is 2. The molecule has 180 valence electrons. The van der Waals surface area contributed by atoms with Gasteiger partial charge in [-0.25, -0.2) is 0 Å². The molecule has 0 saturated heterocycles. The van der Waals surface area contributed by atoms with E-state index in [2.05, 4.69) is 42.0 Å². The van der Waals surface area contributed by atoms with Gasteiger partial charge in [-0.2, -0.15) is 0 Å². The third-order valence-electron chi connectivity index (χ3n) is 7.20. The van der Waals surface area contributed by atoms with Gasteiger partial charge in [-0.05, 0) is 68.7 Å². The van der Waals surface area contributed by atoms with Gasteiger partial charge in [0, 0.05) is 17.8 Å². The average Bonchev–Trinajstić information content (AvgIpc) is 3.61. The smallest absolute Gasteiger partial charge is 0.254 e. The third-order valence-corrected chi connectivity index (χ3v) is 7.20. The van der Waals surface area contributed by atoms with E-state index in [1.165, 1.54) is 0 Å². The average molecular weight is 476 g/mol. The first-order chi connectivity index (χ1) is 17.5. The summed E-state index contributed by atoms with van der Waals surface area (Å²) in [6.45, 7) is 4.13. The Morgan fingerprint density at radius 1 is 0.833 bits per heavy atom. The Hall–Kier alpha value is -4.12. The second-order valence-corrected chi connectivity index (χ2v) is 9.90. The minimum Gasteiger partial charge on any atom is -0.326 e. The highest BCUT2D eigenvalue weighted by molar-refractivity contribution is 6.03. The summed E-state index contributed by atoms with van der Waals surface area (Å²) in [5.74, 6) is -0.152. The first-order valence-electron chi connectivity index (χ1n) is 12.5. The number of anilines is 1. The van der Waals surface area contributed by atoms with E-state index in [0.29, 0.717) is 5.56 Å². The zero-order valence-electron chi connectivity index (χ0n) is 20.6. The molecule has 0 radical (unpaired) electrons. The van der Waals surface area contributed by atoms with Crippen LogP contribution in [0.3, 0.4) is 0 Å². The highest BCUT2D eigenvalue weighted by Gasteiger charge is 2.40. The molecule has 4 aromatic rings. The van der Waals surface area contributed by atoms with E-state index in [1.807, 2.05) is 72.5 Å². The lowest BCUT2D eigenvalue weighted by atomic mass is 9.96. The maximum absolute atomic E-state index is 14.2. The van der Waals surface area contributed by atoms with Crippen molar-refractivity contribution in [1.82, 2.24) is 9.47 Å². The summed E-state index contributed by atoms with van der Waals surface area (Å²) in [5.41, 5.74) is 6.80. The molecule has 1 unspecified atom stereocenters. The van der Waals surface area contributed by atoms with Crippen LogP contribution in [0.4, 0.5) is 5.69 Å². The van der Waals surface area contributed by atoms with Crippen molar-refractivity contribution >= 4 is 17.5 Å². The molecule has 2 aliphatic rings. The lowest BCUT2D eigenvalue weighted by Gasteiger charge is -2.39. The predicted molar refractivity (Wildman–Crippen MR) is 142 cm³/mol. The van der Waals surface area contributed by atoms with Gasteiger partial charge in [-0.1, -0.05) is 59.7 Å². The van der Waals surface area contributed by atoms with E-state index in [1.54, 1.807) is 4.90 Å². The van der Waals surface area contributed by atoms with Gasteiger partial charge in [0.15, 0.2) is 0 Å². The summed E-state index contributed by atoms with van der Waals surface area (Å²) in [5, 5.41) is 0. The monoisotopic (exact) mass is 475 g/mol. The fourth-order valence-electron chi connectivity index (χ4n) is 5.25. The molecule has 1 saturated carbocycles. The van der Waals surface area contributed by atoms with Crippen molar-refractivity contribution in [2.24, 2.45) is 0 Å². The minimum atomic E-state index is -0.280. The number of rotatable bonds is 5. The zero-order valence-corrected chi connectivity index (χ0v) is 20.6. The van der Waals surface area contributed by atoms with Crippen LogP contribution in [-0.2, 0) is 4.79 Å².